The van der Waals surface area contributed by atoms with Crippen molar-refractivity contribution < 1.29 is 0 Å². The van der Waals surface area contributed by atoms with E-state index in [1.807, 2.05) is 28.1 Å². The summed E-state index contributed by atoms with van der Waals surface area (Å²) in [6, 6.07) is 6.79. The maximum atomic E-state index is 5.88. The molecule has 21 heavy (non-hydrogen) atoms. The number of anilines is 1. The van der Waals surface area contributed by atoms with Crippen LogP contribution in [-0.4, -0.2) is 38.9 Å². The largest absolute Gasteiger partial charge is 0.355 e. The molecule has 0 amide bonds. The van der Waals surface area contributed by atoms with Crippen molar-refractivity contribution in [2.45, 2.75) is 24.9 Å². The van der Waals surface area contributed by atoms with Crippen molar-refractivity contribution in [3.63, 3.8) is 0 Å². The molecule has 3 aromatic rings. The van der Waals surface area contributed by atoms with Crippen LogP contribution in [0.15, 0.2) is 29.0 Å². The molecule has 0 aliphatic heterocycles. The average Bonchev–Trinajstić information content (AvgIpc) is 3.10. The van der Waals surface area contributed by atoms with E-state index in [-0.39, 0.29) is 0 Å². The fourth-order valence-corrected chi connectivity index (χ4v) is 3.31. The Bertz CT molecular complexity index is 759. The third-order valence-electron chi connectivity index (χ3n) is 4.09. The SMILES string of the molecule is CN(c1ccc2nnc(-c3ccsc3)n2n1)C1CC(N)C1. The molecule has 7 heteroatoms. The predicted molar refractivity (Wildman–Crippen MR) is 83.5 cm³/mol. The highest BCUT2D eigenvalue weighted by Crippen LogP contribution is 2.27. The number of fused-ring (bicyclic) bond motifs is 1. The van der Waals surface area contributed by atoms with Gasteiger partial charge in [-0.1, -0.05) is 0 Å². The molecule has 1 aliphatic rings. The number of aromatic nitrogens is 4. The van der Waals surface area contributed by atoms with Crippen molar-refractivity contribution in [3.05, 3.63) is 29.0 Å². The molecule has 1 fully saturated rings. The van der Waals surface area contributed by atoms with Crippen molar-refractivity contribution >= 4 is 22.8 Å². The van der Waals surface area contributed by atoms with Gasteiger partial charge in [0.05, 0.1) is 0 Å². The Balaban J connectivity index is 1.73. The molecule has 0 aromatic carbocycles. The van der Waals surface area contributed by atoms with E-state index in [1.54, 1.807) is 11.3 Å². The van der Waals surface area contributed by atoms with Gasteiger partial charge in [-0.3, -0.25) is 0 Å². The van der Waals surface area contributed by atoms with Gasteiger partial charge in [0, 0.05) is 30.1 Å². The van der Waals surface area contributed by atoms with E-state index >= 15 is 0 Å². The first-order valence-electron chi connectivity index (χ1n) is 6.96. The monoisotopic (exact) mass is 300 g/mol. The van der Waals surface area contributed by atoms with Gasteiger partial charge in [0.1, 0.15) is 5.82 Å². The maximum absolute atomic E-state index is 5.88. The molecule has 0 saturated heterocycles. The minimum atomic E-state index is 0.331. The van der Waals surface area contributed by atoms with E-state index in [4.69, 9.17) is 10.8 Å². The average molecular weight is 300 g/mol. The standard InChI is InChI=1S/C14H16N6S/c1-19(11-6-10(15)7-11)13-3-2-12-16-17-14(20(12)18-13)9-4-5-21-8-9/h2-5,8,10-11H,6-7,15H2,1H3. The van der Waals surface area contributed by atoms with Gasteiger partial charge < -0.3 is 10.6 Å². The molecular formula is C14H16N6S. The molecule has 3 heterocycles. The lowest BCUT2D eigenvalue weighted by molar-refractivity contribution is 0.338. The van der Waals surface area contributed by atoms with Crippen molar-refractivity contribution in [1.29, 1.82) is 0 Å². The summed E-state index contributed by atoms with van der Waals surface area (Å²) >= 11 is 1.64. The Morgan fingerprint density at radius 1 is 1.29 bits per heavy atom. The van der Waals surface area contributed by atoms with Crippen LogP contribution in [0, 0.1) is 0 Å². The number of hydrogen-bond donors (Lipinski definition) is 1. The first-order chi connectivity index (χ1) is 10.2. The molecule has 1 saturated carbocycles. The van der Waals surface area contributed by atoms with Crippen molar-refractivity contribution in [2.75, 3.05) is 11.9 Å². The summed E-state index contributed by atoms with van der Waals surface area (Å²) in [6.45, 7) is 0. The van der Waals surface area contributed by atoms with E-state index in [2.05, 4.69) is 27.5 Å². The molecule has 4 rings (SSSR count). The summed E-state index contributed by atoms with van der Waals surface area (Å²) in [5.41, 5.74) is 7.69. The van der Waals surface area contributed by atoms with Crippen LogP contribution >= 0.6 is 11.3 Å². The summed E-state index contributed by atoms with van der Waals surface area (Å²) in [6.07, 6.45) is 2.05. The Morgan fingerprint density at radius 2 is 2.14 bits per heavy atom. The third kappa shape index (κ3) is 2.09. The molecule has 0 unspecified atom stereocenters. The van der Waals surface area contributed by atoms with Crippen LogP contribution in [0.25, 0.3) is 17.0 Å². The fourth-order valence-electron chi connectivity index (χ4n) is 2.67. The lowest BCUT2D eigenvalue weighted by Gasteiger charge is -2.39. The molecule has 6 nitrogen and oxygen atoms in total. The Labute approximate surface area is 126 Å². The van der Waals surface area contributed by atoms with Crippen LogP contribution in [0.4, 0.5) is 5.82 Å². The second kappa shape index (κ2) is 4.78. The summed E-state index contributed by atoms with van der Waals surface area (Å²) in [5, 5.41) is 17.2. The van der Waals surface area contributed by atoms with Gasteiger partial charge in [0.25, 0.3) is 0 Å². The number of thiophene rings is 1. The number of rotatable bonds is 3. The number of nitrogens with zero attached hydrogens (tertiary/aromatic N) is 5. The van der Waals surface area contributed by atoms with Gasteiger partial charge >= 0.3 is 0 Å². The topological polar surface area (TPSA) is 72.3 Å². The molecule has 0 bridgehead atoms. The van der Waals surface area contributed by atoms with Gasteiger partial charge in [0.15, 0.2) is 11.5 Å². The highest BCUT2D eigenvalue weighted by Gasteiger charge is 2.30. The molecule has 0 radical (unpaired) electrons. The normalized spacial score (nSPS) is 21.4. The van der Waals surface area contributed by atoms with Crippen LogP contribution in [0.5, 0.6) is 0 Å². The zero-order valence-electron chi connectivity index (χ0n) is 11.7. The van der Waals surface area contributed by atoms with E-state index in [0.29, 0.717) is 12.1 Å². The Morgan fingerprint density at radius 3 is 2.86 bits per heavy atom. The zero-order chi connectivity index (χ0) is 14.4. The quantitative estimate of drug-likeness (QED) is 0.798. The zero-order valence-corrected chi connectivity index (χ0v) is 12.5. The fraction of sp³-hybridized carbons (Fsp3) is 0.357. The maximum Gasteiger partial charge on any atom is 0.186 e. The Kier molecular flexibility index (Phi) is 2.90. The molecule has 3 aromatic heterocycles. The van der Waals surface area contributed by atoms with Crippen molar-refractivity contribution in [3.8, 4) is 11.4 Å². The summed E-state index contributed by atoms with van der Waals surface area (Å²) in [4.78, 5) is 2.19. The van der Waals surface area contributed by atoms with E-state index in [0.717, 1.165) is 35.7 Å². The van der Waals surface area contributed by atoms with Gasteiger partial charge in [-0.2, -0.15) is 15.9 Å². The minimum Gasteiger partial charge on any atom is -0.355 e. The molecule has 108 valence electrons. The number of nitrogens with two attached hydrogens (primary N) is 1. The van der Waals surface area contributed by atoms with E-state index in [9.17, 15) is 0 Å². The van der Waals surface area contributed by atoms with Crippen LogP contribution in [-0.2, 0) is 0 Å². The summed E-state index contributed by atoms with van der Waals surface area (Å²) in [7, 11) is 2.07. The molecule has 0 spiro atoms. The van der Waals surface area contributed by atoms with Crippen LogP contribution in [0.3, 0.4) is 0 Å². The molecule has 0 atom stereocenters. The third-order valence-corrected chi connectivity index (χ3v) is 4.77. The van der Waals surface area contributed by atoms with Gasteiger partial charge in [0.2, 0.25) is 0 Å². The molecular weight excluding hydrogens is 284 g/mol. The van der Waals surface area contributed by atoms with Crippen LogP contribution in [0.1, 0.15) is 12.8 Å². The van der Waals surface area contributed by atoms with E-state index < -0.39 is 0 Å². The summed E-state index contributed by atoms with van der Waals surface area (Å²) < 4.78 is 1.81. The van der Waals surface area contributed by atoms with Gasteiger partial charge in [-0.15, -0.1) is 15.3 Å². The number of hydrogen-bond acceptors (Lipinski definition) is 6. The minimum absolute atomic E-state index is 0.331. The van der Waals surface area contributed by atoms with Crippen LogP contribution in [0.2, 0.25) is 0 Å². The van der Waals surface area contributed by atoms with Crippen molar-refractivity contribution in [2.24, 2.45) is 5.73 Å². The van der Waals surface area contributed by atoms with Crippen LogP contribution < -0.4 is 10.6 Å². The van der Waals surface area contributed by atoms with E-state index in [1.165, 1.54) is 0 Å². The first-order valence-corrected chi connectivity index (χ1v) is 7.90. The lowest BCUT2D eigenvalue weighted by atomic mass is 9.86. The Hall–Kier alpha value is -1.99. The summed E-state index contributed by atoms with van der Waals surface area (Å²) in [5.74, 6) is 1.71. The lowest BCUT2D eigenvalue weighted by Crippen LogP contribution is -2.49. The highest BCUT2D eigenvalue weighted by molar-refractivity contribution is 7.08. The second-order valence-corrected chi connectivity index (χ2v) is 6.27. The second-order valence-electron chi connectivity index (χ2n) is 5.49. The van der Waals surface area contributed by atoms with Crippen molar-refractivity contribution in [1.82, 2.24) is 19.8 Å². The smallest absolute Gasteiger partial charge is 0.186 e. The van der Waals surface area contributed by atoms with Gasteiger partial charge in [-0.25, -0.2) is 0 Å². The molecule has 1 aliphatic carbocycles. The molecule has 2 N–H and O–H groups in total. The predicted octanol–water partition coefficient (Wildman–Crippen LogP) is 1.78. The van der Waals surface area contributed by atoms with Gasteiger partial charge in [-0.05, 0) is 36.4 Å². The highest BCUT2D eigenvalue weighted by atomic mass is 32.1. The first kappa shape index (κ1) is 12.7.